The van der Waals surface area contributed by atoms with Crippen LogP contribution in [0, 0.1) is 6.92 Å². The Labute approximate surface area is 145 Å². The summed E-state index contributed by atoms with van der Waals surface area (Å²) < 4.78 is 29.7. The third-order valence-electron chi connectivity index (χ3n) is 3.86. The Bertz CT molecular complexity index is 773. The van der Waals surface area contributed by atoms with E-state index in [0.717, 1.165) is 18.4 Å². The molecule has 128 valence electrons. The minimum atomic E-state index is -3.85. The fourth-order valence-corrected chi connectivity index (χ4v) is 3.30. The molecule has 0 atom stereocenters. The van der Waals surface area contributed by atoms with Crippen LogP contribution in [0.15, 0.2) is 60.0 Å². The van der Waals surface area contributed by atoms with Crippen LogP contribution in [0.5, 0.6) is 0 Å². The van der Waals surface area contributed by atoms with E-state index in [1.807, 2.05) is 31.2 Å². The zero-order valence-electron chi connectivity index (χ0n) is 14.3. The van der Waals surface area contributed by atoms with E-state index in [2.05, 4.69) is 13.5 Å². The van der Waals surface area contributed by atoms with Crippen LogP contribution in [0.3, 0.4) is 0 Å². The zero-order chi connectivity index (χ0) is 17.6. The highest BCUT2D eigenvalue weighted by Crippen LogP contribution is 2.22. The van der Waals surface area contributed by atoms with Crippen molar-refractivity contribution in [2.45, 2.75) is 44.4 Å². The van der Waals surface area contributed by atoms with Gasteiger partial charge < -0.3 is 4.18 Å². The highest BCUT2D eigenvalue weighted by atomic mass is 32.2. The van der Waals surface area contributed by atoms with Crippen LogP contribution in [-0.4, -0.2) is 8.42 Å². The number of unbranched alkanes of at least 4 members (excludes halogenated alkanes) is 2. The van der Waals surface area contributed by atoms with Gasteiger partial charge in [0.05, 0.1) is 0 Å². The molecule has 4 heteroatoms. The number of rotatable bonds is 8. The number of hydrogen-bond donors (Lipinski definition) is 0. The molecule has 2 aromatic rings. The summed E-state index contributed by atoms with van der Waals surface area (Å²) >= 11 is 0. The lowest BCUT2D eigenvalue weighted by atomic mass is 10.1. The van der Waals surface area contributed by atoms with Crippen LogP contribution in [-0.2, 0) is 20.7 Å². The Balaban J connectivity index is 2.04. The van der Waals surface area contributed by atoms with E-state index in [0.29, 0.717) is 5.56 Å². The summed E-state index contributed by atoms with van der Waals surface area (Å²) in [6.07, 6.45) is 4.60. The highest BCUT2D eigenvalue weighted by Gasteiger charge is 2.17. The SMILES string of the molecule is C=C(OS(=O)(=O)c1ccc(C)cc1)c1ccc(CCCCC)cc1. The normalized spacial score (nSPS) is 11.2. The molecule has 0 fully saturated rings. The minimum Gasteiger partial charge on any atom is -0.379 e. The molecule has 0 saturated heterocycles. The molecular weight excluding hydrogens is 320 g/mol. The van der Waals surface area contributed by atoms with Crippen LogP contribution in [0.1, 0.15) is 42.9 Å². The first-order valence-corrected chi connectivity index (χ1v) is 9.62. The summed E-state index contributed by atoms with van der Waals surface area (Å²) in [4.78, 5) is 0.130. The lowest BCUT2D eigenvalue weighted by molar-refractivity contribution is 0.464. The van der Waals surface area contributed by atoms with Crippen molar-refractivity contribution in [1.82, 2.24) is 0 Å². The molecule has 0 aliphatic carbocycles. The quantitative estimate of drug-likeness (QED) is 0.380. The van der Waals surface area contributed by atoms with Gasteiger partial charge in [-0.05, 0) is 37.5 Å². The molecule has 0 aliphatic rings. The lowest BCUT2D eigenvalue weighted by Crippen LogP contribution is -2.05. The topological polar surface area (TPSA) is 43.4 Å². The molecule has 0 aromatic heterocycles. The van der Waals surface area contributed by atoms with Crippen molar-refractivity contribution >= 4 is 15.9 Å². The number of hydrogen-bond acceptors (Lipinski definition) is 3. The van der Waals surface area contributed by atoms with E-state index in [1.165, 1.54) is 30.5 Å². The Hall–Kier alpha value is -2.07. The van der Waals surface area contributed by atoms with Gasteiger partial charge in [-0.25, -0.2) is 0 Å². The second-order valence-electron chi connectivity index (χ2n) is 5.93. The first kappa shape index (κ1) is 18.3. The summed E-state index contributed by atoms with van der Waals surface area (Å²) in [6, 6.07) is 14.3. The molecular formula is C20H24O3S. The average molecular weight is 344 g/mol. The minimum absolute atomic E-state index is 0.130. The van der Waals surface area contributed by atoms with E-state index in [4.69, 9.17) is 4.18 Å². The van der Waals surface area contributed by atoms with Crippen LogP contribution >= 0.6 is 0 Å². The van der Waals surface area contributed by atoms with Gasteiger partial charge in [-0.2, -0.15) is 8.42 Å². The van der Waals surface area contributed by atoms with E-state index in [9.17, 15) is 8.42 Å². The zero-order valence-corrected chi connectivity index (χ0v) is 15.1. The molecule has 0 bridgehead atoms. The van der Waals surface area contributed by atoms with Crippen molar-refractivity contribution < 1.29 is 12.6 Å². The van der Waals surface area contributed by atoms with Gasteiger partial charge in [0.1, 0.15) is 10.7 Å². The van der Waals surface area contributed by atoms with Gasteiger partial charge in [0.15, 0.2) is 0 Å². The molecule has 0 radical (unpaired) electrons. The maximum atomic E-state index is 12.3. The van der Waals surface area contributed by atoms with Crippen LogP contribution in [0.25, 0.3) is 5.76 Å². The fraction of sp³-hybridized carbons (Fsp3) is 0.300. The molecule has 0 heterocycles. The Morgan fingerprint density at radius 1 is 1.00 bits per heavy atom. The van der Waals surface area contributed by atoms with Crippen LogP contribution < -0.4 is 0 Å². The maximum Gasteiger partial charge on any atom is 0.339 e. The highest BCUT2D eigenvalue weighted by molar-refractivity contribution is 7.87. The summed E-state index contributed by atoms with van der Waals surface area (Å²) in [5.41, 5.74) is 2.90. The van der Waals surface area contributed by atoms with Gasteiger partial charge in [-0.3, -0.25) is 0 Å². The summed E-state index contributed by atoms with van der Waals surface area (Å²) in [6.45, 7) is 7.84. The molecule has 2 rings (SSSR count). The smallest absolute Gasteiger partial charge is 0.339 e. The van der Waals surface area contributed by atoms with Crippen molar-refractivity contribution in [2.24, 2.45) is 0 Å². The van der Waals surface area contributed by atoms with Gasteiger partial charge in [0, 0.05) is 5.56 Å². The van der Waals surface area contributed by atoms with Crippen LogP contribution in [0.4, 0.5) is 0 Å². The van der Waals surface area contributed by atoms with Crippen molar-refractivity contribution in [1.29, 1.82) is 0 Å². The molecule has 3 nitrogen and oxygen atoms in total. The number of benzene rings is 2. The summed E-state index contributed by atoms with van der Waals surface area (Å²) in [5, 5.41) is 0. The van der Waals surface area contributed by atoms with Gasteiger partial charge >= 0.3 is 10.1 Å². The van der Waals surface area contributed by atoms with E-state index in [1.54, 1.807) is 12.1 Å². The molecule has 0 saturated carbocycles. The molecule has 24 heavy (non-hydrogen) atoms. The largest absolute Gasteiger partial charge is 0.379 e. The molecule has 2 aromatic carbocycles. The summed E-state index contributed by atoms with van der Waals surface area (Å²) in [5.74, 6) is 0.135. The van der Waals surface area contributed by atoms with Gasteiger partial charge in [0.2, 0.25) is 0 Å². The van der Waals surface area contributed by atoms with Crippen molar-refractivity contribution in [3.63, 3.8) is 0 Å². The first-order valence-electron chi connectivity index (χ1n) is 8.22. The van der Waals surface area contributed by atoms with Crippen molar-refractivity contribution in [2.75, 3.05) is 0 Å². The molecule has 0 unspecified atom stereocenters. The fourth-order valence-electron chi connectivity index (χ4n) is 2.37. The third-order valence-corrected chi connectivity index (χ3v) is 5.13. The average Bonchev–Trinajstić information content (AvgIpc) is 2.55. The third kappa shape index (κ3) is 4.96. The van der Waals surface area contributed by atoms with Gasteiger partial charge in [-0.1, -0.05) is 68.3 Å². The van der Waals surface area contributed by atoms with E-state index < -0.39 is 10.1 Å². The molecule has 0 amide bonds. The van der Waals surface area contributed by atoms with Gasteiger partial charge in [0.25, 0.3) is 0 Å². The Morgan fingerprint density at radius 2 is 1.62 bits per heavy atom. The monoisotopic (exact) mass is 344 g/mol. The lowest BCUT2D eigenvalue weighted by Gasteiger charge is -2.10. The standard InChI is InChI=1S/C20H24O3S/c1-4-5-6-7-18-10-12-19(13-11-18)17(3)23-24(21,22)20-14-8-16(2)9-15-20/h8-15H,3-7H2,1-2H3. The molecule has 0 spiro atoms. The van der Waals surface area contributed by atoms with E-state index >= 15 is 0 Å². The Kier molecular flexibility index (Phi) is 6.21. The predicted octanol–water partition coefficient (Wildman–Crippen LogP) is 5.10. The second-order valence-corrected chi connectivity index (χ2v) is 7.47. The summed E-state index contributed by atoms with van der Waals surface area (Å²) in [7, 11) is -3.85. The van der Waals surface area contributed by atoms with Crippen molar-refractivity contribution in [3.05, 3.63) is 71.8 Å². The first-order chi connectivity index (χ1) is 11.4. The second kappa shape index (κ2) is 8.15. The Morgan fingerprint density at radius 3 is 2.21 bits per heavy atom. The molecule has 0 N–H and O–H groups in total. The predicted molar refractivity (Wildman–Crippen MR) is 98.2 cm³/mol. The van der Waals surface area contributed by atoms with Gasteiger partial charge in [-0.15, -0.1) is 0 Å². The van der Waals surface area contributed by atoms with Crippen molar-refractivity contribution in [3.8, 4) is 0 Å². The van der Waals surface area contributed by atoms with Crippen LogP contribution in [0.2, 0.25) is 0 Å². The number of aryl methyl sites for hydroxylation is 2. The van der Waals surface area contributed by atoms with E-state index in [-0.39, 0.29) is 10.7 Å². The molecule has 0 aliphatic heterocycles. The maximum absolute atomic E-state index is 12.3.